The summed E-state index contributed by atoms with van der Waals surface area (Å²) < 4.78 is 22.6. The van der Waals surface area contributed by atoms with Gasteiger partial charge in [0.2, 0.25) is 17.7 Å². The molecule has 2 amide bonds. The van der Waals surface area contributed by atoms with Crippen LogP contribution in [0, 0.1) is 34.5 Å². The number of thioether (sulfide) groups is 1. The number of nitrogen functional groups attached to an aromatic ring is 1. The molecular formula is C42H48ClN9O8S. The van der Waals surface area contributed by atoms with E-state index in [-0.39, 0.29) is 57.5 Å². The summed E-state index contributed by atoms with van der Waals surface area (Å²) in [5.41, 5.74) is 20.2. The van der Waals surface area contributed by atoms with Gasteiger partial charge in [0.25, 0.3) is 0 Å². The van der Waals surface area contributed by atoms with E-state index in [9.17, 15) is 29.7 Å². The third kappa shape index (κ3) is 12.9. The van der Waals surface area contributed by atoms with E-state index >= 15 is 0 Å². The first kappa shape index (κ1) is 47.5. The molecule has 0 saturated heterocycles. The predicted octanol–water partition coefficient (Wildman–Crippen LogP) is 4.48. The third-order valence-corrected chi connectivity index (χ3v) is 10.4. The van der Waals surface area contributed by atoms with Gasteiger partial charge in [-0.1, -0.05) is 63.2 Å². The summed E-state index contributed by atoms with van der Waals surface area (Å²) in [6.45, 7) is 9.09. The number of pyridine rings is 1. The van der Waals surface area contributed by atoms with Crippen LogP contribution in [0.5, 0.6) is 5.75 Å². The topological polar surface area (TPSA) is 285 Å². The summed E-state index contributed by atoms with van der Waals surface area (Å²) in [5.74, 6) is -2.27. The number of nitrogens with one attached hydrogen (secondary N) is 2. The number of hydrogen-bond acceptors (Lipinski definition) is 16. The van der Waals surface area contributed by atoms with Crippen molar-refractivity contribution >= 4 is 52.9 Å². The lowest BCUT2D eigenvalue weighted by atomic mass is 9.97. The van der Waals surface area contributed by atoms with Gasteiger partial charge in [0.05, 0.1) is 23.3 Å². The smallest absolute Gasteiger partial charge is 0.328 e. The van der Waals surface area contributed by atoms with E-state index in [4.69, 9.17) is 47.4 Å². The van der Waals surface area contributed by atoms with E-state index in [0.29, 0.717) is 22.2 Å². The fraction of sp³-hybridized carbons (Fsp3) is 0.381. The van der Waals surface area contributed by atoms with E-state index in [1.165, 1.54) is 31.9 Å². The van der Waals surface area contributed by atoms with Crippen molar-refractivity contribution < 1.29 is 37.8 Å². The molecule has 19 heteroatoms. The first-order valence-electron chi connectivity index (χ1n) is 19.1. The second kappa shape index (κ2) is 21.9. The zero-order valence-corrected chi connectivity index (χ0v) is 36.0. The molecule has 4 rings (SSSR count). The molecule has 0 bridgehead atoms. The van der Waals surface area contributed by atoms with Crippen LogP contribution in [0.3, 0.4) is 0 Å². The molecule has 17 nitrogen and oxygen atoms in total. The minimum absolute atomic E-state index is 0.00184. The number of oxazole rings is 1. The van der Waals surface area contributed by atoms with Crippen LogP contribution in [0.2, 0.25) is 5.02 Å². The average molecular weight is 874 g/mol. The number of ether oxygens (including phenoxy) is 3. The Hall–Kier alpha value is -6.18. The number of nitrogens with zero attached hydrogens (tertiary/aromatic N) is 4. The normalized spacial score (nSPS) is 13.5. The van der Waals surface area contributed by atoms with Crippen molar-refractivity contribution in [3.63, 3.8) is 0 Å². The summed E-state index contributed by atoms with van der Waals surface area (Å²) in [6, 6.07) is 13.7. The summed E-state index contributed by atoms with van der Waals surface area (Å²) in [4.78, 5) is 59.8. The molecule has 2 heterocycles. The van der Waals surface area contributed by atoms with Crippen molar-refractivity contribution in [1.29, 1.82) is 10.5 Å². The maximum atomic E-state index is 13.1. The van der Waals surface area contributed by atoms with Gasteiger partial charge >= 0.3 is 11.9 Å². The molecule has 5 atom stereocenters. The van der Waals surface area contributed by atoms with Crippen molar-refractivity contribution in [2.75, 3.05) is 18.9 Å². The lowest BCUT2D eigenvalue weighted by molar-refractivity contribution is -0.163. The van der Waals surface area contributed by atoms with Gasteiger partial charge in [-0.2, -0.15) is 10.5 Å². The SMILES string of the molecule is CC(C)[C@H](N)C(=O)N[C@@H](C)C(=O)OC[C@H](COc1ccc(-c2c(C#N)c(N)nc(SCc3coc(-c4ccc(Cl)cc4)n3)c2C#N)cc1)OC(=O)[C@H](C)NC(=O)[C@@H](N)C(C)C. The Labute approximate surface area is 362 Å². The van der Waals surface area contributed by atoms with Gasteiger partial charge in [-0.3, -0.25) is 9.59 Å². The lowest BCUT2D eigenvalue weighted by Gasteiger charge is -2.23. The van der Waals surface area contributed by atoms with Crippen LogP contribution in [-0.2, 0) is 34.4 Å². The first-order valence-corrected chi connectivity index (χ1v) is 20.5. The van der Waals surface area contributed by atoms with Gasteiger partial charge in [-0.25, -0.2) is 19.6 Å². The molecule has 0 aliphatic heterocycles. The zero-order chi connectivity index (χ0) is 45.0. The quantitative estimate of drug-likeness (QED) is 0.0641. The average Bonchev–Trinajstić information content (AvgIpc) is 3.72. The van der Waals surface area contributed by atoms with E-state index in [2.05, 4.69) is 32.7 Å². The highest BCUT2D eigenvalue weighted by molar-refractivity contribution is 7.98. The van der Waals surface area contributed by atoms with Gasteiger partial charge in [0, 0.05) is 21.9 Å². The monoisotopic (exact) mass is 873 g/mol. The van der Waals surface area contributed by atoms with Crippen LogP contribution in [-0.4, -0.2) is 77.2 Å². The Balaban J connectivity index is 1.50. The van der Waals surface area contributed by atoms with Gasteiger partial charge in [-0.05, 0) is 67.6 Å². The second-order valence-corrected chi connectivity index (χ2v) is 16.0. The van der Waals surface area contributed by atoms with Crippen molar-refractivity contribution in [2.45, 2.75) is 82.6 Å². The molecule has 61 heavy (non-hydrogen) atoms. The number of rotatable bonds is 19. The number of esters is 2. The summed E-state index contributed by atoms with van der Waals surface area (Å²) >= 11 is 7.19. The highest BCUT2D eigenvalue weighted by Crippen LogP contribution is 2.37. The van der Waals surface area contributed by atoms with Crippen LogP contribution in [0.25, 0.3) is 22.6 Å². The second-order valence-electron chi connectivity index (χ2n) is 14.6. The van der Waals surface area contributed by atoms with E-state index in [1.807, 2.05) is 0 Å². The molecule has 0 spiro atoms. The highest BCUT2D eigenvalue weighted by Gasteiger charge is 2.28. The number of carbonyl (C=O) groups is 4. The minimum atomic E-state index is -1.18. The molecule has 0 aliphatic rings. The molecule has 0 radical (unpaired) electrons. The minimum Gasteiger partial charge on any atom is -0.490 e. The summed E-state index contributed by atoms with van der Waals surface area (Å²) in [5, 5.41) is 26.2. The summed E-state index contributed by atoms with van der Waals surface area (Å²) in [7, 11) is 0. The number of nitriles is 2. The number of hydrogen-bond donors (Lipinski definition) is 5. The van der Waals surface area contributed by atoms with E-state index in [1.54, 1.807) is 76.2 Å². The van der Waals surface area contributed by atoms with Crippen LogP contribution < -0.4 is 32.6 Å². The molecule has 2 aromatic carbocycles. The largest absolute Gasteiger partial charge is 0.490 e. The van der Waals surface area contributed by atoms with Gasteiger partial charge in [-0.15, -0.1) is 0 Å². The molecule has 4 aromatic rings. The molecule has 8 N–H and O–H groups in total. The number of nitrogens with two attached hydrogens (primary N) is 3. The Morgan fingerprint density at radius 2 is 1.36 bits per heavy atom. The van der Waals surface area contributed by atoms with Crippen LogP contribution in [0.15, 0.2) is 64.2 Å². The molecule has 2 aromatic heterocycles. The molecule has 0 aliphatic carbocycles. The third-order valence-electron chi connectivity index (χ3n) is 9.16. The summed E-state index contributed by atoms with van der Waals surface area (Å²) in [6.07, 6.45) is 0.315. The lowest BCUT2D eigenvalue weighted by Crippen LogP contribution is -2.51. The Morgan fingerprint density at radius 3 is 1.92 bits per heavy atom. The van der Waals surface area contributed by atoms with Gasteiger partial charge in [0.15, 0.2) is 6.10 Å². The number of aromatic nitrogens is 2. The molecule has 0 fully saturated rings. The van der Waals surface area contributed by atoms with E-state index in [0.717, 1.165) is 5.56 Å². The first-order chi connectivity index (χ1) is 28.9. The highest BCUT2D eigenvalue weighted by atomic mass is 35.5. The number of halogens is 1. The number of carbonyl (C=O) groups excluding carboxylic acids is 4. The fourth-order valence-electron chi connectivity index (χ4n) is 5.36. The van der Waals surface area contributed by atoms with Crippen LogP contribution >= 0.6 is 23.4 Å². The van der Waals surface area contributed by atoms with Crippen molar-refractivity contribution in [1.82, 2.24) is 20.6 Å². The van der Waals surface area contributed by atoms with Crippen molar-refractivity contribution in [3.05, 3.63) is 76.6 Å². The van der Waals surface area contributed by atoms with Gasteiger partial charge in [0.1, 0.15) is 65.9 Å². The Bertz CT molecular complexity index is 2270. The number of amides is 2. The van der Waals surface area contributed by atoms with Crippen LogP contribution in [0.1, 0.15) is 58.4 Å². The molecule has 0 saturated carbocycles. The number of anilines is 1. The zero-order valence-electron chi connectivity index (χ0n) is 34.4. The molecule has 322 valence electrons. The van der Waals surface area contributed by atoms with E-state index < -0.39 is 60.6 Å². The predicted molar refractivity (Wildman–Crippen MR) is 227 cm³/mol. The maximum absolute atomic E-state index is 13.1. The molecule has 0 unspecified atom stereocenters. The van der Waals surface area contributed by atoms with Gasteiger partial charge < -0.3 is 46.5 Å². The maximum Gasteiger partial charge on any atom is 0.328 e. The number of benzene rings is 2. The fourth-order valence-corrected chi connectivity index (χ4v) is 6.36. The standard InChI is InChI=1S/C42H48ClN9O8S/c1-21(2)34(46)37(53)49-23(5)41(55)59-19-30(60-42(56)24(6)50-38(54)35(47)22(3)4)18-57-29-13-9-25(10-14-29)33-31(15-44)36(48)52-40(32(33)16-45)61-20-28-17-58-39(51-28)26-7-11-27(43)12-8-26/h7-14,17,21-24,30,34-35H,18-20,46-47H2,1-6H3,(H2,48,52)(H,49,53)(H,50,54)/t23-,24-,30-,34-,35-/m0/s1. The van der Waals surface area contributed by atoms with Crippen LogP contribution in [0.4, 0.5) is 5.82 Å². The Morgan fingerprint density at radius 1 is 0.803 bits per heavy atom. The molecular weight excluding hydrogens is 826 g/mol. The van der Waals surface area contributed by atoms with Crippen molar-refractivity contribution in [3.8, 4) is 40.5 Å². The van der Waals surface area contributed by atoms with Crippen molar-refractivity contribution in [2.24, 2.45) is 23.3 Å². The Kier molecular flexibility index (Phi) is 17.0.